The fourth-order valence-corrected chi connectivity index (χ4v) is 2.19. The van der Waals surface area contributed by atoms with E-state index in [-0.39, 0.29) is 11.9 Å². The van der Waals surface area contributed by atoms with Crippen molar-refractivity contribution in [1.82, 2.24) is 5.32 Å². The third-order valence-electron chi connectivity index (χ3n) is 3.12. The molecule has 0 bridgehead atoms. The average Bonchev–Trinajstić information content (AvgIpc) is 2.35. The predicted molar refractivity (Wildman–Crippen MR) is 62.8 cm³/mol. The van der Waals surface area contributed by atoms with E-state index in [4.69, 9.17) is 5.73 Å². The second-order valence-electron chi connectivity index (χ2n) is 4.08. The number of nitrogens with one attached hydrogen (secondary N) is 1. The van der Waals surface area contributed by atoms with Crippen molar-refractivity contribution in [2.24, 2.45) is 5.73 Å². The van der Waals surface area contributed by atoms with Gasteiger partial charge in [0.15, 0.2) is 0 Å². The Bertz CT molecular complexity index is 559. The molecule has 0 unspecified atom stereocenters. The largest absolute Gasteiger partial charge is 0.346 e. The molecule has 2 aromatic rings. The number of carbonyl (C=O) groups is 1. The molecule has 16 heavy (non-hydrogen) atoms. The van der Waals surface area contributed by atoms with E-state index in [1.807, 2.05) is 24.3 Å². The van der Waals surface area contributed by atoms with Crippen molar-refractivity contribution in [3.63, 3.8) is 0 Å². The lowest BCUT2D eigenvalue weighted by molar-refractivity contribution is -0.130. The van der Waals surface area contributed by atoms with Crippen LogP contribution in [-0.2, 0) is 4.79 Å². The summed E-state index contributed by atoms with van der Waals surface area (Å²) < 4.78 is 0. The lowest BCUT2D eigenvalue weighted by Gasteiger charge is -2.34. The molecule has 80 valence electrons. The first-order chi connectivity index (χ1) is 7.77. The summed E-state index contributed by atoms with van der Waals surface area (Å²) in [6, 6.07) is 13.7. The van der Waals surface area contributed by atoms with Crippen molar-refractivity contribution < 1.29 is 4.79 Å². The van der Waals surface area contributed by atoms with Crippen LogP contribution in [0, 0.1) is 0 Å². The SMILES string of the molecule is N[C@H]1C(=O)N[C@@H]1c1cccc2ccccc12. The quantitative estimate of drug-likeness (QED) is 0.701. The second kappa shape index (κ2) is 3.32. The number of benzene rings is 2. The van der Waals surface area contributed by atoms with E-state index in [1.54, 1.807) is 0 Å². The molecule has 3 heteroatoms. The highest BCUT2D eigenvalue weighted by Crippen LogP contribution is 2.29. The standard InChI is InChI=1S/C13H12N2O/c14-11-12(15-13(11)16)10-7-3-5-8-4-1-2-6-9(8)10/h1-7,11-12H,14H2,(H,15,16)/t11-,12-/m1/s1. The van der Waals surface area contributed by atoms with Gasteiger partial charge in [-0.05, 0) is 16.3 Å². The lowest BCUT2D eigenvalue weighted by Crippen LogP contribution is -2.60. The van der Waals surface area contributed by atoms with E-state index in [0.29, 0.717) is 0 Å². The number of β-lactam (4-membered cyclic amide) rings is 1. The maximum Gasteiger partial charge on any atom is 0.239 e. The van der Waals surface area contributed by atoms with Gasteiger partial charge in [-0.1, -0.05) is 42.5 Å². The Balaban J connectivity index is 2.14. The predicted octanol–water partition coefficient (Wildman–Crippen LogP) is 1.34. The molecule has 0 spiro atoms. The molecular formula is C13H12N2O. The van der Waals surface area contributed by atoms with Crippen LogP contribution in [0.25, 0.3) is 10.8 Å². The number of hydrogen-bond donors (Lipinski definition) is 2. The molecule has 1 aliphatic heterocycles. The van der Waals surface area contributed by atoms with E-state index in [9.17, 15) is 4.79 Å². The summed E-state index contributed by atoms with van der Waals surface area (Å²) in [4.78, 5) is 11.1. The molecule has 2 atom stereocenters. The van der Waals surface area contributed by atoms with Gasteiger partial charge >= 0.3 is 0 Å². The Labute approximate surface area is 93.3 Å². The maximum atomic E-state index is 11.1. The first-order valence-corrected chi connectivity index (χ1v) is 5.31. The molecule has 0 saturated carbocycles. The molecule has 0 aliphatic carbocycles. The summed E-state index contributed by atoms with van der Waals surface area (Å²) in [6.45, 7) is 0. The van der Waals surface area contributed by atoms with Gasteiger partial charge in [-0.2, -0.15) is 0 Å². The van der Waals surface area contributed by atoms with Crippen LogP contribution < -0.4 is 11.1 Å². The van der Waals surface area contributed by atoms with Crippen LogP contribution in [0.15, 0.2) is 42.5 Å². The molecule has 2 aromatic carbocycles. The van der Waals surface area contributed by atoms with Gasteiger partial charge in [0.05, 0.1) is 6.04 Å². The first-order valence-electron chi connectivity index (χ1n) is 5.31. The fraction of sp³-hybridized carbons (Fsp3) is 0.154. The minimum Gasteiger partial charge on any atom is -0.346 e. The molecule has 1 aliphatic rings. The Kier molecular flexibility index (Phi) is 1.94. The van der Waals surface area contributed by atoms with Crippen LogP contribution in [0.4, 0.5) is 0 Å². The summed E-state index contributed by atoms with van der Waals surface area (Å²) in [7, 11) is 0. The Morgan fingerprint density at radius 2 is 1.81 bits per heavy atom. The molecule has 1 amide bonds. The van der Waals surface area contributed by atoms with Gasteiger partial charge in [0.2, 0.25) is 5.91 Å². The Hall–Kier alpha value is -1.87. The topological polar surface area (TPSA) is 55.1 Å². The number of fused-ring (bicyclic) bond motifs is 1. The fourth-order valence-electron chi connectivity index (χ4n) is 2.19. The number of amides is 1. The van der Waals surface area contributed by atoms with Crippen molar-refractivity contribution in [1.29, 1.82) is 0 Å². The second-order valence-corrected chi connectivity index (χ2v) is 4.08. The monoisotopic (exact) mass is 212 g/mol. The van der Waals surface area contributed by atoms with Gasteiger partial charge in [0.1, 0.15) is 6.04 Å². The zero-order valence-corrected chi connectivity index (χ0v) is 8.68. The average molecular weight is 212 g/mol. The van der Waals surface area contributed by atoms with Gasteiger partial charge in [0.25, 0.3) is 0 Å². The van der Waals surface area contributed by atoms with Gasteiger partial charge in [-0.3, -0.25) is 4.79 Å². The lowest BCUT2D eigenvalue weighted by atomic mass is 9.89. The molecular weight excluding hydrogens is 200 g/mol. The third-order valence-corrected chi connectivity index (χ3v) is 3.12. The number of nitrogens with two attached hydrogens (primary N) is 1. The highest BCUT2D eigenvalue weighted by Gasteiger charge is 2.37. The van der Waals surface area contributed by atoms with Crippen LogP contribution in [0.2, 0.25) is 0 Å². The summed E-state index contributed by atoms with van der Waals surface area (Å²) >= 11 is 0. The van der Waals surface area contributed by atoms with Crippen LogP contribution in [0.5, 0.6) is 0 Å². The van der Waals surface area contributed by atoms with E-state index in [0.717, 1.165) is 10.9 Å². The molecule has 1 fully saturated rings. The minimum absolute atomic E-state index is 0.0430. The summed E-state index contributed by atoms with van der Waals surface area (Å²) in [6.07, 6.45) is 0. The summed E-state index contributed by atoms with van der Waals surface area (Å²) in [5.41, 5.74) is 6.88. The zero-order valence-electron chi connectivity index (χ0n) is 8.68. The van der Waals surface area contributed by atoms with Gasteiger partial charge in [-0.25, -0.2) is 0 Å². The molecule has 3 nitrogen and oxygen atoms in total. The van der Waals surface area contributed by atoms with Crippen LogP contribution in [0.3, 0.4) is 0 Å². The Morgan fingerprint density at radius 1 is 1.06 bits per heavy atom. The highest BCUT2D eigenvalue weighted by molar-refractivity contribution is 5.93. The molecule has 0 radical (unpaired) electrons. The van der Waals surface area contributed by atoms with Crippen LogP contribution in [0.1, 0.15) is 11.6 Å². The van der Waals surface area contributed by atoms with Crippen LogP contribution in [-0.4, -0.2) is 11.9 Å². The van der Waals surface area contributed by atoms with E-state index >= 15 is 0 Å². The number of hydrogen-bond acceptors (Lipinski definition) is 2. The van der Waals surface area contributed by atoms with E-state index < -0.39 is 6.04 Å². The summed E-state index contributed by atoms with van der Waals surface area (Å²) in [5, 5.41) is 5.17. The van der Waals surface area contributed by atoms with Crippen molar-refractivity contribution in [3.05, 3.63) is 48.0 Å². The van der Waals surface area contributed by atoms with E-state index in [1.165, 1.54) is 5.39 Å². The van der Waals surface area contributed by atoms with Crippen molar-refractivity contribution in [3.8, 4) is 0 Å². The highest BCUT2D eigenvalue weighted by atomic mass is 16.2. The number of rotatable bonds is 1. The molecule has 3 N–H and O–H groups in total. The van der Waals surface area contributed by atoms with Gasteiger partial charge in [0, 0.05) is 0 Å². The van der Waals surface area contributed by atoms with Crippen molar-refractivity contribution in [2.45, 2.75) is 12.1 Å². The first kappa shape index (κ1) is 9.36. The molecule has 0 aromatic heterocycles. The van der Waals surface area contributed by atoms with Crippen LogP contribution >= 0.6 is 0 Å². The zero-order chi connectivity index (χ0) is 11.1. The van der Waals surface area contributed by atoms with Crippen molar-refractivity contribution >= 4 is 16.7 Å². The normalized spacial score (nSPS) is 23.9. The van der Waals surface area contributed by atoms with Gasteiger partial charge in [-0.15, -0.1) is 0 Å². The van der Waals surface area contributed by atoms with E-state index in [2.05, 4.69) is 23.5 Å². The molecule has 3 rings (SSSR count). The Morgan fingerprint density at radius 3 is 2.56 bits per heavy atom. The molecule has 1 saturated heterocycles. The van der Waals surface area contributed by atoms with Gasteiger partial charge < -0.3 is 11.1 Å². The smallest absolute Gasteiger partial charge is 0.239 e. The van der Waals surface area contributed by atoms with Crippen molar-refractivity contribution in [2.75, 3.05) is 0 Å². The summed E-state index contributed by atoms with van der Waals surface area (Å²) in [5.74, 6) is -0.0714. The third kappa shape index (κ3) is 1.22. The maximum absolute atomic E-state index is 11.1. The number of carbonyl (C=O) groups excluding carboxylic acids is 1. The molecule has 1 heterocycles. The minimum atomic E-state index is -0.411.